The fraction of sp³-hybridized carbons (Fsp3) is 0.682. The molecular weight excluding hydrogens is 296 g/mol. The molecular formula is C22H38O2. The monoisotopic (exact) mass is 334 g/mol. The number of allylic oxidation sites excluding steroid dienone is 5. The summed E-state index contributed by atoms with van der Waals surface area (Å²) >= 11 is 0. The van der Waals surface area contributed by atoms with Gasteiger partial charge in [-0.2, -0.15) is 0 Å². The van der Waals surface area contributed by atoms with E-state index in [2.05, 4.69) is 31.2 Å². The third-order valence-electron chi connectivity index (χ3n) is 4.08. The highest BCUT2D eigenvalue weighted by Crippen LogP contribution is 2.08. The number of rotatable bonds is 17. The first-order chi connectivity index (χ1) is 11.8. The van der Waals surface area contributed by atoms with Crippen molar-refractivity contribution >= 4 is 5.97 Å². The standard InChI is InChI=1S/C22H38O2/c1-2-3-4-5-6-7-8-9-10-11-12-13-14-15-16-17-18-19-20-21-22(23)24/h9-10,12-13,20-21H,2-8,11,14-19H2,1H3,(H,23,24). The molecule has 0 spiro atoms. The maximum atomic E-state index is 10.3. The Hall–Kier alpha value is -1.31. The summed E-state index contributed by atoms with van der Waals surface area (Å²) in [6.07, 6.45) is 29.5. The second-order valence-corrected chi connectivity index (χ2v) is 6.47. The maximum Gasteiger partial charge on any atom is 0.327 e. The van der Waals surface area contributed by atoms with Crippen molar-refractivity contribution in [1.29, 1.82) is 0 Å². The summed E-state index contributed by atoms with van der Waals surface area (Å²) in [5.41, 5.74) is 0. The molecule has 0 radical (unpaired) electrons. The molecule has 0 unspecified atom stereocenters. The lowest BCUT2D eigenvalue weighted by molar-refractivity contribution is -0.131. The molecule has 0 aromatic heterocycles. The van der Waals surface area contributed by atoms with Crippen LogP contribution < -0.4 is 0 Å². The highest BCUT2D eigenvalue weighted by molar-refractivity contribution is 5.79. The van der Waals surface area contributed by atoms with Crippen molar-refractivity contribution in [3.63, 3.8) is 0 Å². The molecule has 0 heterocycles. The Morgan fingerprint density at radius 3 is 1.62 bits per heavy atom. The summed E-state index contributed by atoms with van der Waals surface area (Å²) in [6.45, 7) is 2.26. The first kappa shape index (κ1) is 22.7. The molecule has 2 heteroatoms. The van der Waals surface area contributed by atoms with Gasteiger partial charge < -0.3 is 5.11 Å². The Bertz CT molecular complexity index is 353. The number of carboxylic acids is 1. The predicted octanol–water partition coefficient (Wildman–Crippen LogP) is 7.22. The lowest BCUT2D eigenvalue weighted by Crippen LogP contribution is -1.85. The van der Waals surface area contributed by atoms with Crippen molar-refractivity contribution in [1.82, 2.24) is 0 Å². The first-order valence-electron chi connectivity index (χ1n) is 9.96. The maximum absolute atomic E-state index is 10.3. The van der Waals surface area contributed by atoms with E-state index in [9.17, 15) is 4.79 Å². The number of hydrogen-bond donors (Lipinski definition) is 1. The van der Waals surface area contributed by atoms with Crippen LogP contribution in [0.1, 0.15) is 96.8 Å². The Kier molecular flexibility index (Phi) is 18.7. The molecule has 1 N–H and O–H groups in total. The van der Waals surface area contributed by atoms with Gasteiger partial charge in [0, 0.05) is 6.08 Å². The van der Waals surface area contributed by atoms with Crippen molar-refractivity contribution < 1.29 is 9.90 Å². The van der Waals surface area contributed by atoms with Gasteiger partial charge in [-0.3, -0.25) is 0 Å². The van der Waals surface area contributed by atoms with Gasteiger partial charge in [-0.25, -0.2) is 4.79 Å². The molecule has 0 aliphatic heterocycles. The average Bonchev–Trinajstić information content (AvgIpc) is 2.56. The molecule has 0 aliphatic rings. The minimum absolute atomic E-state index is 0.846. The number of carbonyl (C=O) groups is 1. The van der Waals surface area contributed by atoms with Crippen molar-refractivity contribution in [3.05, 3.63) is 36.5 Å². The molecule has 0 fully saturated rings. The molecule has 0 aliphatic carbocycles. The lowest BCUT2D eigenvalue weighted by Gasteiger charge is -1.97. The highest BCUT2D eigenvalue weighted by atomic mass is 16.4. The zero-order valence-electron chi connectivity index (χ0n) is 15.7. The van der Waals surface area contributed by atoms with Crippen LogP contribution in [0, 0.1) is 0 Å². The van der Waals surface area contributed by atoms with Crippen LogP contribution in [0.15, 0.2) is 36.5 Å². The Morgan fingerprint density at radius 1 is 0.667 bits per heavy atom. The zero-order chi connectivity index (χ0) is 17.7. The van der Waals surface area contributed by atoms with Crippen LogP contribution in [-0.2, 0) is 4.79 Å². The fourth-order valence-corrected chi connectivity index (χ4v) is 2.61. The van der Waals surface area contributed by atoms with Crippen LogP contribution in [0.5, 0.6) is 0 Å². The van der Waals surface area contributed by atoms with E-state index in [1.54, 1.807) is 6.08 Å². The average molecular weight is 335 g/mol. The van der Waals surface area contributed by atoms with Gasteiger partial charge in [-0.15, -0.1) is 0 Å². The topological polar surface area (TPSA) is 37.3 Å². The largest absolute Gasteiger partial charge is 0.478 e. The summed E-state index contributed by atoms with van der Waals surface area (Å²) in [5.74, 6) is -0.846. The van der Waals surface area contributed by atoms with E-state index in [1.807, 2.05) is 0 Å². The van der Waals surface area contributed by atoms with E-state index < -0.39 is 5.97 Å². The molecule has 24 heavy (non-hydrogen) atoms. The Labute approximate surface area is 149 Å². The fourth-order valence-electron chi connectivity index (χ4n) is 2.61. The quantitative estimate of drug-likeness (QED) is 0.173. The summed E-state index contributed by atoms with van der Waals surface area (Å²) in [6, 6.07) is 0. The molecule has 2 nitrogen and oxygen atoms in total. The molecule has 0 atom stereocenters. The molecule has 0 bridgehead atoms. The normalized spacial score (nSPS) is 12.0. The molecule has 0 saturated carbocycles. The smallest absolute Gasteiger partial charge is 0.327 e. The van der Waals surface area contributed by atoms with Gasteiger partial charge in [0.25, 0.3) is 0 Å². The van der Waals surface area contributed by atoms with E-state index >= 15 is 0 Å². The van der Waals surface area contributed by atoms with Gasteiger partial charge in [0.2, 0.25) is 0 Å². The number of carboxylic acid groups (broad SMARTS) is 1. The number of hydrogen-bond acceptors (Lipinski definition) is 1. The lowest BCUT2D eigenvalue weighted by atomic mass is 10.1. The minimum Gasteiger partial charge on any atom is -0.478 e. The van der Waals surface area contributed by atoms with Gasteiger partial charge in [0.1, 0.15) is 0 Å². The third-order valence-corrected chi connectivity index (χ3v) is 4.08. The van der Waals surface area contributed by atoms with Crippen molar-refractivity contribution in [2.75, 3.05) is 0 Å². The predicted molar refractivity (Wildman–Crippen MR) is 105 cm³/mol. The summed E-state index contributed by atoms with van der Waals surface area (Å²) in [4.78, 5) is 10.3. The number of unbranched alkanes of at least 4 members (excludes halogenated alkanes) is 11. The van der Waals surface area contributed by atoms with Gasteiger partial charge in [-0.1, -0.05) is 82.2 Å². The van der Waals surface area contributed by atoms with Gasteiger partial charge in [-0.05, 0) is 44.9 Å². The Balaban J connectivity index is 3.23. The van der Waals surface area contributed by atoms with Crippen LogP contribution in [0.4, 0.5) is 0 Å². The first-order valence-corrected chi connectivity index (χ1v) is 9.96. The molecule has 138 valence electrons. The van der Waals surface area contributed by atoms with Crippen molar-refractivity contribution in [2.24, 2.45) is 0 Å². The van der Waals surface area contributed by atoms with E-state index in [4.69, 9.17) is 5.11 Å². The van der Waals surface area contributed by atoms with Crippen molar-refractivity contribution in [2.45, 2.75) is 96.8 Å². The molecule has 0 aromatic carbocycles. The summed E-state index contributed by atoms with van der Waals surface area (Å²) in [7, 11) is 0. The third kappa shape index (κ3) is 20.7. The SMILES string of the molecule is CCCCCCCCC=CCC=CCCCCCCC=CC(=O)O. The Morgan fingerprint density at radius 2 is 1.12 bits per heavy atom. The molecule has 0 rings (SSSR count). The molecule has 0 amide bonds. The summed E-state index contributed by atoms with van der Waals surface area (Å²) in [5, 5.41) is 8.46. The van der Waals surface area contributed by atoms with Crippen LogP contribution in [0.3, 0.4) is 0 Å². The van der Waals surface area contributed by atoms with E-state index in [0.29, 0.717) is 0 Å². The van der Waals surface area contributed by atoms with Crippen LogP contribution >= 0.6 is 0 Å². The summed E-state index contributed by atoms with van der Waals surface area (Å²) < 4.78 is 0. The van der Waals surface area contributed by atoms with E-state index in [1.165, 1.54) is 70.3 Å². The van der Waals surface area contributed by atoms with E-state index in [0.717, 1.165) is 25.7 Å². The zero-order valence-corrected chi connectivity index (χ0v) is 15.7. The van der Waals surface area contributed by atoms with Crippen molar-refractivity contribution in [3.8, 4) is 0 Å². The van der Waals surface area contributed by atoms with Crippen LogP contribution in [0.2, 0.25) is 0 Å². The van der Waals surface area contributed by atoms with Gasteiger partial charge in [0.05, 0.1) is 0 Å². The van der Waals surface area contributed by atoms with Gasteiger partial charge in [0.15, 0.2) is 0 Å². The second-order valence-electron chi connectivity index (χ2n) is 6.47. The highest BCUT2D eigenvalue weighted by Gasteiger charge is 1.89. The molecule has 0 saturated heterocycles. The second kappa shape index (κ2) is 19.7. The van der Waals surface area contributed by atoms with E-state index in [-0.39, 0.29) is 0 Å². The van der Waals surface area contributed by atoms with Crippen LogP contribution in [0.25, 0.3) is 0 Å². The van der Waals surface area contributed by atoms with Gasteiger partial charge >= 0.3 is 5.97 Å². The number of aliphatic carboxylic acids is 1. The minimum atomic E-state index is -0.846. The molecule has 0 aromatic rings. The van der Waals surface area contributed by atoms with Crippen LogP contribution in [-0.4, -0.2) is 11.1 Å².